The van der Waals surface area contributed by atoms with Gasteiger partial charge in [0.2, 0.25) is 0 Å². The van der Waals surface area contributed by atoms with Gasteiger partial charge in [0.05, 0.1) is 16.1 Å². The number of nitro benzene ring substituents is 1. The number of nitrogens with zero attached hydrogens (tertiary/aromatic N) is 3. The summed E-state index contributed by atoms with van der Waals surface area (Å²) in [7, 11) is 0. The molecule has 0 spiro atoms. The fraction of sp³-hybridized carbons (Fsp3) is 0.417. The highest BCUT2D eigenvalue weighted by molar-refractivity contribution is 5.93. The first-order valence-corrected chi connectivity index (χ1v) is 10.8. The Balaban J connectivity index is 1.53. The van der Waals surface area contributed by atoms with Crippen LogP contribution in [-0.2, 0) is 6.54 Å². The van der Waals surface area contributed by atoms with Crippen LogP contribution in [0, 0.1) is 33.3 Å². The van der Waals surface area contributed by atoms with Gasteiger partial charge in [0.25, 0.3) is 5.69 Å². The zero-order chi connectivity index (χ0) is 20.5. The van der Waals surface area contributed by atoms with Crippen molar-refractivity contribution in [3.8, 4) is 11.3 Å². The number of fused-ring (bicyclic) bond motifs is 1. The van der Waals surface area contributed by atoms with E-state index < -0.39 is 4.92 Å². The monoisotopic (exact) mass is 401 g/mol. The average Bonchev–Trinajstić information content (AvgIpc) is 3.16. The van der Waals surface area contributed by atoms with Gasteiger partial charge < -0.3 is 0 Å². The highest BCUT2D eigenvalue weighted by atomic mass is 16.6. The minimum atomic E-state index is -0.390. The first kappa shape index (κ1) is 17.8. The van der Waals surface area contributed by atoms with Crippen LogP contribution < -0.4 is 5.69 Å². The van der Waals surface area contributed by atoms with Crippen molar-refractivity contribution in [1.82, 2.24) is 9.55 Å². The Morgan fingerprint density at radius 1 is 1.07 bits per heavy atom. The molecule has 1 heterocycles. The van der Waals surface area contributed by atoms with E-state index in [0.717, 1.165) is 28.8 Å². The minimum absolute atomic E-state index is 0.0182. The summed E-state index contributed by atoms with van der Waals surface area (Å²) in [5.74, 6) is 2.45. The molecule has 2 atom stereocenters. The van der Waals surface area contributed by atoms with E-state index in [0.29, 0.717) is 17.6 Å². The molecule has 4 aliphatic carbocycles. The lowest BCUT2D eigenvalue weighted by Crippen LogP contribution is -2.36. The SMILES string of the molecule is O=c1nc(-c2ccccc2)c2cc([N+](=O)[O-])ccc2n1CC12CC3CC(C1)C(C3)C2. The molecule has 0 N–H and O–H groups in total. The molecule has 2 unspecified atom stereocenters. The van der Waals surface area contributed by atoms with Gasteiger partial charge in [0, 0.05) is 29.6 Å². The third kappa shape index (κ3) is 2.62. The van der Waals surface area contributed by atoms with Crippen LogP contribution in [0.4, 0.5) is 5.69 Å². The van der Waals surface area contributed by atoms with Crippen LogP contribution in [0.25, 0.3) is 22.2 Å². The van der Waals surface area contributed by atoms with Crippen molar-refractivity contribution in [2.45, 2.75) is 38.6 Å². The van der Waals surface area contributed by atoms with E-state index >= 15 is 0 Å². The normalized spacial score (nSPS) is 29.0. The third-order valence-electron chi connectivity index (χ3n) is 7.77. The van der Waals surface area contributed by atoms with Crippen molar-refractivity contribution >= 4 is 16.6 Å². The molecule has 2 aromatic carbocycles. The molecule has 152 valence electrons. The van der Waals surface area contributed by atoms with E-state index in [1.54, 1.807) is 16.7 Å². The first-order valence-electron chi connectivity index (χ1n) is 10.8. The molecule has 0 saturated heterocycles. The van der Waals surface area contributed by atoms with E-state index in [4.69, 9.17) is 0 Å². The van der Waals surface area contributed by atoms with Crippen molar-refractivity contribution in [3.63, 3.8) is 0 Å². The Morgan fingerprint density at radius 2 is 1.80 bits per heavy atom. The Kier molecular flexibility index (Phi) is 3.70. The lowest BCUT2D eigenvalue weighted by molar-refractivity contribution is -0.384. The molecule has 4 saturated carbocycles. The molecule has 30 heavy (non-hydrogen) atoms. The average molecular weight is 401 g/mol. The van der Waals surface area contributed by atoms with Gasteiger partial charge in [-0.05, 0) is 61.3 Å². The van der Waals surface area contributed by atoms with Gasteiger partial charge in [-0.1, -0.05) is 30.3 Å². The van der Waals surface area contributed by atoms with Gasteiger partial charge in [-0.25, -0.2) is 4.79 Å². The summed E-state index contributed by atoms with van der Waals surface area (Å²) >= 11 is 0. The van der Waals surface area contributed by atoms with Crippen LogP contribution >= 0.6 is 0 Å². The smallest absolute Gasteiger partial charge is 0.291 e. The zero-order valence-electron chi connectivity index (χ0n) is 16.7. The third-order valence-corrected chi connectivity index (χ3v) is 7.77. The number of aromatic nitrogens is 2. The number of hydrogen-bond acceptors (Lipinski definition) is 4. The lowest BCUT2D eigenvalue weighted by Gasteiger charge is -2.39. The highest BCUT2D eigenvalue weighted by Gasteiger charge is 2.55. The highest BCUT2D eigenvalue weighted by Crippen LogP contribution is 2.64. The molecular weight excluding hydrogens is 378 g/mol. The molecule has 0 radical (unpaired) electrons. The molecule has 4 aliphatic rings. The quantitative estimate of drug-likeness (QED) is 0.465. The number of hydrogen-bond donors (Lipinski definition) is 0. The molecule has 6 heteroatoms. The Hall–Kier alpha value is -3.02. The number of non-ortho nitro benzene ring substituents is 1. The van der Waals surface area contributed by atoms with Crippen molar-refractivity contribution < 1.29 is 4.92 Å². The van der Waals surface area contributed by atoms with E-state index in [1.165, 1.54) is 38.2 Å². The zero-order valence-corrected chi connectivity index (χ0v) is 16.7. The van der Waals surface area contributed by atoms with Crippen LogP contribution in [0.1, 0.15) is 32.1 Å². The number of nitro groups is 1. The van der Waals surface area contributed by atoms with Gasteiger partial charge in [-0.2, -0.15) is 4.98 Å². The summed E-state index contributed by atoms with van der Waals surface area (Å²) in [4.78, 5) is 28.7. The summed E-state index contributed by atoms with van der Waals surface area (Å²) in [6.07, 6.45) is 6.32. The van der Waals surface area contributed by atoms with Gasteiger partial charge in [0.1, 0.15) is 0 Å². The van der Waals surface area contributed by atoms with E-state index in [2.05, 4.69) is 4.98 Å². The fourth-order valence-corrected chi connectivity index (χ4v) is 6.86. The molecule has 7 rings (SSSR count). The maximum absolute atomic E-state index is 13.2. The minimum Gasteiger partial charge on any atom is -0.291 e. The first-order chi connectivity index (χ1) is 14.5. The predicted octanol–water partition coefficient (Wildman–Crippen LogP) is 4.80. The molecule has 0 amide bonds. The molecular formula is C24H23N3O3. The van der Waals surface area contributed by atoms with Gasteiger partial charge in [-0.3, -0.25) is 14.7 Å². The molecule has 6 nitrogen and oxygen atoms in total. The Morgan fingerprint density at radius 3 is 2.47 bits per heavy atom. The van der Waals surface area contributed by atoms with Gasteiger partial charge in [-0.15, -0.1) is 0 Å². The predicted molar refractivity (Wildman–Crippen MR) is 114 cm³/mol. The van der Waals surface area contributed by atoms with Crippen LogP contribution in [0.5, 0.6) is 0 Å². The summed E-state index contributed by atoms with van der Waals surface area (Å²) in [6.45, 7) is 0.672. The fourth-order valence-electron chi connectivity index (χ4n) is 6.86. The summed E-state index contributed by atoms with van der Waals surface area (Å²) in [5, 5.41) is 12.1. The van der Waals surface area contributed by atoms with Crippen molar-refractivity contribution in [1.29, 1.82) is 0 Å². The van der Waals surface area contributed by atoms with Crippen molar-refractivity contribution in [2.75, 3.05) is 0 Å². The Bertz CT molecular complexity index is 1210. The van der Waals surface area contributed by atoms with Crippen LogP contribution in [-0.4, -0.2) is 14.5 Å². The molecule has 3 aromatic rings. The van der Waals surface area contributed by atoms with Crippen molar-refractivity contribution in [2.24, 2.45) is 23.2 Å². The van der Waals surface area contributed by atoms with E-state index in [9.17, 15) is 14.9 Å². The Labute approximate surface area is 173 Å². The number of rotatable bonds is 4. The molecule has 1 aromatic heterocycles. The molecule has 4 fully saturated rings. The second kappa shape index (κ2) is 6.24. The van der Waals surface area contributed by atoms with Gasteiger partial charge >= 0.3 is 5.69 Å². The topological polar surface area (TPSA) is 78.0 Å². The lowest BCUT2D eigenvalue weighted by atomic mass is 9.69. The second-order valence-corrected chi connectivity index (χ2v) is 9.62. The van der Waals surface area contributed by atoms with Crippen LogP contribution in [0.2, 0.25) is 0 Å². The van der Waals surface area contributed by atoms with Crippen molar-refractivity contribution in [3.05, 3.63) is 69.1 Å². The molecule has 4 bridgehead atoms. The summed E-state index contributed by atoms with van der Waals surface area (Å²) < 4.78 is 1.79. The largest absolute Gasteiger partial charge is 0.348 e. The maximum atomic E-state index is 13.2. The number of benzene rings is 2. The van der Waals surface area contributed by atoms with E-state index in [-0.39, 0.29) is 16.8 Å². The molecule has 0 aliphatic heterocycles. The standard InChI is InChI=1S/C24H23N3O3/c28-23-25-22(16-4-2-1-3-5-16)20-10-19(27(29)30)6-7-21(20)26(23)14-24-11-15-8-17(12-24)18(9-15)13-24/h1-7,10,15,17-18H,8-9,11-14H2. The second-order valence-electron chi connectivity index (χ2n) is 9.62. The van der Waals surface area contributed by atoms with Gasteiger partial charge in [0.15, 0.2) is 0 Å². The van der Waals surface area contributed by atoms with Crippen LogP contribution in [0.15, 0.2) is 53.3 Å². The summed E-state index contributed by atoms with van der Waals surface area (Å²) in [6, 6.07) is 14.2. The van der Waals surface area contributed by atoms with Crippen LogP contribution in [0.3, 0.4) is 0 Å². The van der Waals surface area contributed by atoms with E-state index in [1.807, 2.05) is 30.3 Å². The summed E-state index contributed by atoms with van der Waals surface area (Å²) in [5.41, 5.74) is 2.01. The maximum Gasteiger partial charge on any atom is 0.348 e.